The first-order valence-corrected chi connectivity index (χ1v) is 10.9. The van der Waals surface area contributed by atoms with Crippen LogP contribution in [0, 0.1) is 11.7 Å². The van der Waals surface area contributed by atoms with Crippen molar-refractivity contribution in [2.45, 2.75) is 51.5 Å². The highest BCUT2D eigenvalue weighted by Crippen LogP contribution is 2.28. The molecule has 1 heterocycles. The third-order valence-electron chi connectivity index (χ3n) is 5.87. The monoisotopic (exact) mass is 421 g/mol. The number of hydrogen-bond donors (Lipinski definition) is 2. The summed E-state index contributed by atoms with van der Waals surface area (Å²) in [5.41, 5.74) is 9.60. The van der Waals surface area contributed by atoms with Crippen molar-refractivity contribution in [2.75, 3.05) is 11.1 Å². The Hall–Kier alpha value is -3.22. The normalized spacial score (nSPS) is 14.5. The van der Waals surface area contributed by atoms with Gasteiger partial charge in [0.1, 0.15) is 5.82 Å². The number of aryl methyl sites for hydroxylation is 1. The van der Waals surface area contributed by atoms with Gasteiger partial charge in [-0.05, 0) is 54.2 Å². The maximum absolute atomic E-state index is 13.2. The summed E-state index contributed by atoms with van der Waals surface area (Å²) in [4.78, 5) is 12.5. The van der Waals surface area contributed by atoms with Gasteiger partial charge >= 0.3 is 0 Å². The zero-order valence-electron chi connectivity index (χ0n) is 17.6. The number of anilines is 2. The number of nitrogens with zero attached hydrogens (tertiary/aromatic N) is 3. The van der Waals surface area contributed by atoms with E-state index < -0.39 is 0 Å². The molecule has 3 N–H and O–H groups in total. The fourth-order valence-corrected chi connectivity index (χ4v) is 4.12. The minimum absolute atomic E-state index is 0.134. The van der Waals surface area contributed by atoms with Gasteiger partial charge < -0.3 is 11.1 Å². The fraction of sp³-hybridized carbons (Fsp3) is 0.375. The summed E-state index contributed by atoms with van der Waals surface area (Å²) in [6.07, 6.45) is 9.23. The van der Waals surface area contributed by atoms with Crippen molar-refractivity contribution < 1.29 is 9.18 Å². The molecule has 7 heteroatoms. The van der Waals surface area contributed by atoms with Gasteiger partial charge in [-0.25, -0.2) is 4.39 Å². The van der Waals surface area contributed by atoms with Crippen molar-refractivity contribution in [2.24, 2.45) is 5.92 Å². The van der Waals surface area contributed by atoms with Gasteiger partial charge in [0.15, 0.2) is 0 Å². The van der Waals surface area contributed by atoms with Crippen LogP contribution in [-0.4, -0.2) is 20.9 Å². The molecule has 0 saturated heterocycles. The Balaban J connectivity index is 1.32. The lowest BCUT2D eigenvalue weighted by Gasteiger charge is -2.20. The summed E-state index contributed by atoms with van der Waals surface area (Å²) in [5.74, 6) is 0.260. The summed E-state index contributed by atoms with van der Waals surface area (Å²) in [6, 6.07) is 11.6. The predicted molar refractivity (Wildman–Crippen MR) is 120 cm³/mol. The molecule has 2 aromatic carbocycles. The molecule has 0 spiro atoms. The van der Waals surface area contributed by atoms with Crippen molar-refractivity contribution in [1.29, 1.82) is 0 Å². The van der Waals surface area contributed by atoms with Crippen LogP contribution in [0.2, 0.25) is 0 Å². The number of hydrogen-bond acceptors (Lipinski definition) is 4. The fourth-order valence-electron chi connectivity index (χ4n) is 4.12. The Kier molecular flexibility index (Phi) is 6.60. The summed E-state index contributed by atoms with van der Waals surface area (Å²) >= 11 is 0. The molecule has 31 heavy (non-hydrogen) atoms. The molecule has 162 valence electrons. The number of nitrogens with one attached hydrogen (secondary N) is 1. The Morgan fingerprint density at radius 1 is 1.10 bits per heavy atom. The Morgan fingerprint density at radius 2 is 1.84 bits per heavy atom. The lowest BCUT2D eigenvalue weighted by molar-refractivity contribution is -0.116. The minimum Gasteiger partial charge on any atom is -0.397 e. The van der Waals surface area contributed by atoms with E-state index in [0.29, 0.717) is 30.1 Å². The Morgan fingerprint density at radius 3 is 2.61 bits per heavy atom. The summed E-state index contributed by atoms with van der Waals surface area (Å²) < 4.78 is 15.1. The molecule has 1 aliphatic rings. The molecule has 1 fully saturated rings. The molecule has 6 nitrogen and oxygen atoms in total. The first kappa shape index (κ1) is 21.0. The number of nitrogens with two attached hydrogens (primary N) is 1. The largest absolute Gasteiger partial charge is 0.397 e. The van der Waals surface area contributed by atoms with Crippen LogP contribution in [0.4, 0.5) is 15.8 Å². The van der Waals surface area contributed by atoms with Gasteiger partial charge in [0.05, 0.1) is 17.1 Å². The highest BCUT2D eigenvalue weighted by atomic mass is 19.1. The summed E-state index contributed by atoms with van der Waals surface area (Å²) in [5, 5.41) is 11.3. The smallest absolute Gasteiger partial charge is 0.224 e. The first-order chi connectivity index (χ1) is 15.1. The zero-order valence-corrected chi connectivity index (χ0v) is 17.6. The minimum atomic E-state index is -0.289. The number of benzene rings is 2. The number of amides is 1. The molecule has 1 amide bonds. The van der Waals surface area contributed by atoms with Gasteiger partial charge in [-0.15, -0.1) is 5.10 Å². The van der Waals surface area contributed by atoms with Crippen molar-refractivity contribution in [3.05, 3.63) is 60.2 Å². The second kappa shape index (κ2) is 9.73. The van der Waals surface area contributed by atoms with E-state index >= 15 is 0 Å². The molecule has 0 aliphatic heterocycles. The third-order valence-corrected chi connectivity index (χ3v) is 5.87. The van der Waals surface area contributed by atoms with E-state index in [1.807, 2.05) is 16.9 Å². The molecule has 3 aromatic rings. The number of rotatable bonds is 7. The maximum Gasteiger partial charge on any atom is 0.224 e. The van der Waals surface area contributed by atoms with Crippen LogP contribution in [0.1, 0.15) is 44.2 Å². The third kappa shape index (κ3) is 5.69. The van der Waals surface area contributed by atoms with Gasteiger partial charge in [-0.3, -0.25) is 9.48 Å². The Bertz CT molecular complexity index is 1020. The number of aromatic nitrogens is 3. The molecule has 0 radical (unpaired) electrons. The van der Waals surface area contributed by atoms with Crippen LogP contribution in [0.15, 0.2) is 48.7 Å². The highest BCUT2D eigenvalue weighted by molar-refractivity contribution is 5.95. The molecule has 1 saturated carbocycles. The highest BCUT2D eigenvalue weighted by Gasteiger charge is 2.15. The van der Waals surface area contributed by atoms with Gasteiger partial charge in [0.2, 0.25) is 5.91 Å². The molecular weight excluding hydrogens is 393 g/mol. The molecule has 1 aliphatic carbocycles. The average molecular weight is 422 g/mol. The molecular formula is C24H28FN5O. The van der Waals surface area contributed by atoms with Crippen LogP contribution in [-0.2, 0) is 17.8 Å². The van der Waals surface area contributed by atoms with Crippen molar-refractivity contribution in [3.63, 3.8) is 0 Å². The predicted octanol–water partition coefficient (Wildman–Crippen LogP) is 4.82. The average Bonchev–Trinajstić information content (AvgIpc) is 3.22. The lowest BCUT2D eigenvalue weighted by atomic mass is 9.89. The van der Waals surface area contributed by atoms with E-state index in [4.69, 9.17) is 5.73 Å². The second-order valence-corrected chi connectivity index (χ2v) is 8.29. The van der Waals surface area contributed by atoms with E-state index in [1.165, 1.54) is 44.2 Å². The van der Waals surface area contributed by atoms with Gasteiger partial charge in [0, 0.05) is 25.6 Å². The van der Waals surface area contributed by atoms with Crippen LogP contribution < -0.4 is 11.1 Å². The molecule has 0 atom stereocenters. The van der Waals surface area contributed by atoms with Crippen LogP contribution in [0.3, 0.4) is 0 Å². The summed E-state index contributed by atoms with van der Waals surface area (Å²) in [7, 11) is 0. The van der Waals surface area contributed by atoms with Gasteiger partial charge in [-0.1, -0.05) is 42.7 Å². The summed E-state index contributed by atoms with van der Waals surface area (Å²) in [6.45, 7) is 0.909. The van der Waals surface area contributed by atoms with E-state index in [1.54, 1.807) is 24.3 Å². The van der Waals surface area contributed by atoms with E-state index in [-0.39, 0.29) is 11.7 Å². The van der Waals surface area contributed by atoms with Crippen LogP contribution >= 0.6 is 0 Å². The molecule has 0 bridgehead atoms. The Labute approximate surface area is 181 Å². The molecule has 1 aromatic heterocycles. The lowest BCUT2D eigenvalue weighted by Crippen LogP contribution is -2.14. The van der Waals surface area contributed by atoms with E-state index in [0.717, 1.165) is 23.4 Å². The van der Waals surface area contributed by atoms with Crippen LogP contribution in [0.25, 0.3) is 11.1 Å². The van der Waals surface area contributed by atoms with Gasteiger partial charge in [-0.2, -0.15) is 0 Å². The van der Waals surface area contributed by atoms with Crippen molar-refractivity contribution in [1.82, 2.24) is 15.0 Å². The number of carbonyl (C=O) groups excluding carboxylic acids is 1. The van der Waals surface area contributed by atoms with Gasteiger partial charge in [0.25, 0.3) is 0 Å². The maximum atomic E-state index is 13.2. The van der Waals surface area contributed by atoms with Crippen molar-refractivity contribution >= 4 is 17.3 Å². The van der Waals surface area contributed by atoms with E-state index in [2.05, 4.69) is 15.6 Å². The number of halogens is 1. The first-order valence-electron chi connectivity index (χ1n) is 10.9. The number of nitrogen functional groups attached to an aromatic ring is 1. The standard InChI is InChI=1S/C24H28FN5O/c25-20-9-6-18(7-10-20)19-8-12-22(26)23(14-19)27-24(31)13-11-21-16-30(29-28-21)15-17-4-2-1-3-5-17/h6-10,12,14,16-17H,1-5,11,13,15,26H2,(H,27,31). The second-order valence-electron chi connectivity index (χ2n) is 8.29. The topological polar surface area (TPSA) is 85.8 Å². The SMILES string of the molecule is Nc1ccc(-c2ccc(F)cc2)cc1NC(=O)CCc1cn(CC2CCCCC2)nn1. The number of carbonyl (C=O) groups is 1. The quantitative estimate of drug-likeness (QED) is 0.536. The van der Waals surface area contributed by atoms with Crippen molar-refractivity contribution in [3.8, 4) is 11.1 Å². The molecule has 0 unspecified atom stereocenters. The molecule has 4 rings (SSSR count). The van der Waals surface area contributed by atoms with E-state index in [9.17, 15) is 9.18 Å². The zero-order chi connectivity index (χ0) is 21.6. The van der Waals surface area contributed by atoms with Crippen LogP contribution in [0.5, 0.6) is 0 Å².